The molecule has 0 amide bonds. The van der Waals surface area contributed by atoms with Crippen molar-refractivity contribution in [2.24, 2.45) is 0 Å². The van der Waals surface area contributed by atoms with Crippen LogP contribution in [0.4, 0.5) is 5.69 Å². The summed E-state index contributed by atoms with van der Waals surface area (Å²) in [4.78, 5) is 1.51. The zero-order valence-corrected chi connectivity index (χ0v) is 13.8. The predicted molar refractivity (Wildman–Crippen MR) is 98.5 cm³/mol. The summed E-state index contributed by atoms with van der Waals surface area (Å²) in [6.45, 7) is 0. The molecule has 0 bridgehead atoms. The summed E-state index contributed by atoms with van der Waals surface area (Å²) in [5, 5.41) is 37.1. The van der Waals surface area contributed by atoms with E-state index in [0.717, 1.165) is 5.56 Å². The van der Waals surface area contributed by atoms with E-state index < -0.39 is 0 Å². The number of rotatable bonds is 2. The first kappa shape index (κ1) is 16.7. The van der Waals surface area contributed by atoms with Crippen molar-refractivity contribution in [2.45, 2.75) is 6.42 Å². The van der Waals surface area contributed by atoms with Gasteiger partial charge in [0.2, 0.25) is 0 Å². The molecule has 0 aromatic heterocycles. The van der Waals surface area contributed by atoms with Gasteiger partial charge in [0.05, 0.1) is 11.3 Å². The van der Waals surface area contributed by atoms with E-state index in [0.29, 0.717) is 17.0 Å². The van der Waals surface area contributed by atoms with Crippen LogP contribution in [0.3, 0.4) is 0 Å². The second kappa shape index (κ2) is 7.18. The molecule has 26 heavy (non-hydrogen) atoms. The first-order valence-electron chi connectivity index (χ1n) is 7.87. The number of allylic oxidation sites excluding steroid dienone is 2. The maximum absolute atomic E-state index is 9.68. The number of hydrogen-bond acceptors (Lipinski definition) is 4. The molecule has 0 unspecified atom stereocenters. The Balaban J connectivity index is 2.28. The second-order valence-corrected chi connectivity index (χ2v) is 5.57. The summed E-state index contributed by atoms with van der Waals surface area (Å²) < 4.78 is 0. The lowest BCUT2D eigenvalue weighted by Gasteiger charge is -2.33. The smallest absolute Gasteiger partial charge is 0.149 e. The third-order valence-electron chi connectivity index (χ3n) is 4.14. The molecule has 5 heteroatoms. The first-order valence-corrected chi connectivity index (χ1v) is 7.87. The van der Waals surface area contributed by atoms with Crippen LogP contribution >= 0.6 is 0 Å². The highest BCUT2D eigenvalue weighted by Gasteiger charge is 2.32. The molecule has 0 spiro atoms. The van der Waals surface area contributed by atoms with Gasteiger partial charge in [-0.15, -0.1) is 0 Å². The summed E-state index contributed by atoms with van der Waals surface area (Å²) in [5.74, 6) is -0.0400. The van der Waals surface area contributed by atoms with Gasteiger partial charge >= 0.3 is 0 Å². The third-order valence-corrected chi connectivity index (χ3v) is 4.14. The molecule has 2 aromatic carbocycles. The minimum absolute atomic E-state index is 0.0400. The van der Waals surface area contributed by atoms with Crippen molar-refractivity contribution in [3.63, 3.8) is 0 Å². The number of nitrogens with zero attached hydrogens (tertiary/aromatic N) is 4. The fourth-order valence-electron chi connectivity index (χ4n) is 2.95. The highest BCUT2D eigenvalue weighted by Crippen LogP contribution is 2.37. The lowest BCUT2D eigenvalue weighted by atomic mass is 9.89. The largest absolute Gasteiger partial charge is 0.296 e. The van der Waals surface area contributed by atoms with E-state index in [2.05, 4.69) is 6.07 Å². The molecule has 0 atom stereocenters. The van der Waals surface area contributed by atoms with Gasteiger partial charge in [0.1, 0.15) is 29.6 Å². The number of para-hydroxylation sites is 1. The molecular formula is C21H13N5. The van der Waals surface area contributed by atoms with Crippen molar-refractivity contribution in [3.05, 3.63) is 83.1 Å². The fraction of sp³-hybridized carbons (Fsp3) is 0.0476. The third kappa shape index (κ3) is 2.84. The molecule has 1 aliphatic rings. The SMILES string of the molecule is N#CC(C#N)=C1CC(c2ccccc2)=C(C#N)C(=N)N1c1ccccc1. The van der Waals surface area contributed by atoms with Crippen LogP contribution in [0.15, 0.2) is 77.5 Å². The van der Waals surface area contributed by atoms with Gasteiger partial charge in [-0.2, -0.15) is 15.8 Å². The van der Waals surface area contributed by atoms with Gasteiger partial charge in [-0.3, -0.25) is 10.3 Å². The van der Waals surface area contributed by atoms with E-state index in [-0.39, 0.29) is 23.4 Å². The Hall–Kier alpha value is -4.14. The molecule has 0 saturated heterocycles. The van der Waals surface area contributed by atoms with Crippen LogP contribution in [0.25, 0.3) is 5.57 Å². The number of hydrogen-bond donors (Lipinski definition) is 1. The summed E-state index contributed by atoms with van der Waals surface area (Å²) >= 11 is 0. The average molecular weight is 335 g/mol. The average Bonchev–Trinajstić information content (AvgIpc) is 2.70. The molecule has 0 saturated carbocycles. The van der Waals surface area contributed by atoms with E-state index in [4.69, 9.17) is 5.41 Å². The van der Waals surface area contributed by atoms with Gasteiger partial charge in [-0.25, -0.2) is 0 Å². The Morgan fingerprint density at radius 3 is 2.00 bits per heavy atom. The van der Waals surface area contributed by atoms with E-state index in [1.165, 1.54) is 4.90 Å². The molecule has 1 aliphatic heterocycles. The standard InChI is InChI=1S/C21H13N5/c22-12-16(13-23)20-11-18(15-7-3-1-4-8-15)19(14-24)21(25)26(20)17-9-5-2-6-10-17/h1-10,25H,11H2. The van der Waals surface area contributed by atoms with Crippen LogP contribution in [-0.4, -0.2) is 5.84 Å². The maximum Gasteiger partial charge on any atom is 0.149 e. The van der Waals surface area contributed by atoms with Crippen LogP contribution in [-0.2, 0) is 0 Å². The molecular weight excluding hydrogens is 322 g/mol. The van der Waals surface area contributed by atoms with Crippen molar-refractivity contribution in [2.75, 3.05) is 4.90 Å². The normalized spacial score (nSPS) is 13.7. The van der Waals surface area contributed by atoms with E-state index in [1.54, 1.807) is 24.3 Å². The molecule has 0 radical (unpaired) electrons. The highest BCUT2D eigenvalue weighted by molar-refractivity contribution is 6.19. The Bertz CT molecular complexity index is 1030. The van der Waals surface area contributed by atoms with Crippen molar-refractivity contribution in [3.8, 4) is 18.2 Å². The van der Waals surface area contributed by atoms with Gasteiger partial charge < -0.3 is 0 Å². The Morgan fingerprint density at radius 1 is 0.885 bits per heavy atom. The zero-order valence-electron chi connectivity index (χ0n) is 13.8. The molecule has 0 fully saturated rings. The lowest BCUT2D eigenvalue weighted by molar-refractivity contribution is 1.06. The molecule has 0 aliphatic carbocycles. The maximum atomic E-state index is 9.68. The van der Waals surface area contributed by atoms with Gasteiger partial charge in [0.25, 0.3) is 0 Å². The van der Waals surface area contributed by atoms with Crippen LogP contribution in [0.5, 0.6) is 0 Å². The van der Waals surface area contributed by atoms with Gasteiger partial charge in [-0.05, 0) is 23.3 Å². The number of anilines is 1. The summed E-state index contributed by atoms with van der Waals surface area (Å²) in [6, 6.07) is 24.3. The monoisotopic (exact) mass is 335 g/mol. The van der Waals surface area contributed by atoms with Crippen LogP contribution in [0.2, 0.25) is 0 Å². The minimum Gasteiger partial charge on any atom is -0.296 e. The molecule has 1 N–H and O–H groups in total. The Kier molecular flexibility index (Phi) is 4.61. The lowest BCUT2D eigenvalue weighted by Crippen LogP contribution is -2.35. The van der Waals surface area contributed by atoms with E-state index >= 15 is 0 Å². The number of nitriles is 3. The molecule has 2 aromatic rings. The summed E-state index contributed by atoms with van der Waals surface area (Å²) in [6.07, 6.45) is 0.223. The number of benzene rings is 2. The molecule has 3 rings (SSSR count). The van der Waals surface area contributed by atoms with Gasteiger partial charge in [-0.1, -0.05) is 48.5 Å². The second-order valence-electron chi connectivity index (χ2n) is 5.57. The zero-order chi connectivity index (χ0) is 18.5. The van der Waals surface area contributed by atoms with Crippen molar-refractivity contribution in [1.29, 1.82) is 21.2 Å². The highest BCUT2D eigenvalue weighted by atomic mass is 15.2. The molecule has 1 heterocycles. The Morgan fingerprint density at radius 2 is 1.46 bits per heavy atom. The topological polar surface area (TPSA) is 98.5 Å². The fourth-order valence-corrected chi connectivity index (χ4v) is 2.95. The quantitative estimate of drug-likeness (QED) is 0.833. The first-order chi connectivity index (χ1) is 12.7. The van der Waals surface area contributed by atoms with Gasteiger partial charge in [0, 0.05) is 12.1 Å². The molecule has 5 nitrogen and oxygen atoms in total. The van der Waals surface area contributed by atoms with Crippen molar-refractivity contribution in [1.82, 2.24) is 0 Å². The van der Waals surface area contributed by atoms with Crippen LogP contribution < -0.4 is 4.90 Å². The van der Waals surface area contributed by atoms with Crippen LogP contribution in [0.1, 0.15) is 12.0 Å². The molecule has 122 valence electrons. The summed E-state index contributed by atoms with van der Waals surface area (Å²) in [5.41, 5.74) is 2.65. The van der Waals surface area contributed by atoms with E-state index in [1.807, 2.05) is 48.5 Å². The van der Waals surface area contributed by atoms with E-state index in [9.17, 15) is 15.8 Å². The van der Waals surface area contributed by atoms with Gasteiger partial charge in [0.15, 0.2) is 0 Å². The number of nitrogens with one attached hydrogen (secondary N) is 1. The van der Waals surface area contributed by atoms with Crippen molar-refractivity contribution < 1.29 is 0 Å². The van der Waals surface area contributed by atoms with Crippen molar-refractivity contribution >= 4 is 17.1 Å². The Labute approximate surface area is 151 Å². The number of amidine groups is 1. The predicted octanol–water partition coefficient (Wildman–Crippen LogP) is 4.15. The summed E-state index contributed by atoms with van der Waals surface area (Å²) in [7, 11) is 0. The minimum atomic E-state index is -0.0657. The van der Waals surface area contributed by atoms with Crippen LogP contribution in [0, 0.1) is 39.4 Å².